The normalized spacial score (nSPS) is 13.7. The van der Waals surface area contributed by atoms with E-state index in [2.05, 4.69) is 10.6 Å². The van der Waals surface area contributed by atoms with Crippen molar-refractivity contribution in [3.63, 3.8) is 0 Å². The summed E-state index contributed by atoms with van der Waals surface area (Å²) in [6.45, 7) is 3.56. The Morgan fingerprint density at radius 2 is 1.83 bits per heavy atom. The van der Waals surface area contributed by atoms with Crippen molar-refractivity contribution in [2.45, 2.75) is 32.4 Å². The molecule has 1 aromatic carbocycles. The molecule has 2 unspecified atom stereocenters. The highest BCUT2D eigenvalue weighted by atomic mass is 16.2. The van der Waals surface area contributed by atoms with Crippen LogP contribution in [0.5, 0.6) is 0 Å². The van der Waals surface area contributed by atoms with Gasteiger partial charge in [0.15, 0.2) is 0 Å². The minimum atomic E-state index is -0.389. The molecule has 5 heteroatoms. The molecule has 0 saturated heterocycles. The second-order valence-electron chi connectivity index (χ2n) is 4.32. The fraction of sp³-hybridized carbons (Fsp3) is 0.385. The van der Waals surface area contributed by atoms with Crippen LogP contribution in [0, 0.1) is 0 Å². The number of carbonyl (C=O) groups is 2. The van der Waals surface area contributed by atoms with E-state index in [9.17, 15) is 9.59 Å². The minimum Gasteiger partial charge on any atom is -0.370 e. The molecule has 2 amide bonds. The molecule has 1 aromatic rings. The van der Waals surface area contributed by atoms with E-state index in [1.165, 1.54) is 0 Å². The fourth-order valence-corrected chi connectivity index (χ4v) is 1.64. The number of anilines is 1. The molecule has 1 rings (SSSR count). The summed E-state index contributed by atoms with van der Waals surface area (Å²) in [5.74, 6) is -0.525. The number of hydrogen-bond donors (Lipinski definition) is 3. The molecule has 0 fully saturated rings. The van der Waals surface area contributed by atoms with Gasteiger partial charge in [-0.15, -0.1) is 0 Å². The molecule has 0 aliphatic heterocycles. The zero-order chi connectivity index (χ0) is 13.5. The number of rotatable bonds is 6. The number of para-hydroxylation sites is 1. The molecular formula is C13H19N3O2. The van der Waals surface area contributed by atoms with Crippen LogP contribution in [-0.4, -0.2) is 23.9 Å². The minimum absolute atomic E-state index is 0.126. The van der Waals surface area contributed by atoms with Crippen molar-refractivity contribution in [3.05, 3.63) is 30.3 Å². The summed E-state index contributed by atoms with van der Waals surface area (Å²) in [5.41, 5.74) is 5.84. The number of carbonyl (C=O) groups excluding carboxylic acids is 2. The number of amides is 2. The van der Waals surface area contributed by atoms with Crippen molar-refractivity contribution in [2.75, 3.05) is 5.32 Å². The van der Waals surface area contributed by atoms with Crippen molar-refractivity contribution < 1.29 is 9.59 Å². The van der Waals surface area contributed by atoms with Crippen molar-refractivity contribution in [1.82, 2.24) is 5.32 Å². The van der Waals surface area contributed by atoms with E-state index < -0.39 is 0 Å². The number of nitrogens with two attached hydrogens (primary N) is 1. The topological polar surface area (TPSA) is 84.2 Å². The average Bonchev–Trinajstić information content (AvgIpc) is 2.28. The predicted molar refractivity (Wildman–Crippen MR) is 70.9 cm³/mol. The zero-order valence-corrected chi connectivity index (χ0v) is 10.6. The van der Waals surface area contributed by atoms with Crippen LogP contribution in [0.4, 0.5) is 5.69 Å². The molecule has 18 heavy (non-hydrogen) atoms. The van der Waals surface area contributed by atoms with Crippen molar-refractivity contribution in [1.29, 1.82) is 0 Å². The van der Waals surface area contributed by atoms with E-state index in [1.54, 1.807) is 6.92 Å². The summed E-state index contributed by atoms with van der Waals surface area (Å²) in [6, 6.07) is 8.70. The third kappa shape index (κ3) is 4.97. The molecule has 0 saturated carbocycles. The maximum Gasteiger partial charge on any atom is 0.241 e. The Labute approximate surface area is 107 Å². The standard InChI is InChI=1S/C13H19N3O2/c1-9(8-12(14)17)15-10(2)13(18)16-11-6-4-3-5-7-11/h3-7,9-10,15H,8H2,1-2H3,(H2,14,17)(H,16,18). The number of primary amides is 1. The molecule has 0 spiro atoms. The summed E-state index contributed by atoms with van der Waals surface area (Å²) in [4.78, 5) is 22.6. The van der Waals surface area contributed by atoms with Gasteiger partial charge in [-0.25, -0.2) is 0 Å². The Balaban J connectivity index is 2.44. The lowest BCUT2D eigenvalue weighted by Crippen LogP contribution is -2.44. The summed E-state index contributed by atoms with van der Waals surface area (Å²) in [6.07, 6.45) is 0.211. The molecule has 0 aromatic heterocycles. The molecular weight excluding hydrogens is 230 g/mol. The largest absolute Gasteiger partial charge is 0.370 e. The Hall–Kier alpha value is -1.88. The maximum absolute atomic E-state index is 11.8. The van der Waals surface area contributed by atoms with Crippen LogP contribution >= 0.6 is 0 Å². The number of benzene rings is 1. The molecule has 0 heterocycles. The Morgan fingerprint density at radius 3 is 2.39 bits per heavy atom. The van der Waals surface area contributed by atoms with Crippen LogP contribution in [0.2, 0.25) is 0 Å². The van der Waals surface area contributed by atoms with Crippen molar-refractivity contribution in [2.24, 2.45) is 5.73 Å². The lowest BCUT2D eigenvalue weighted by atomic mass is 10.2. The first-order valence-corrected chi connectivity index (χ1v) is 5.89. The first-order valence-electron chi connectivity index (χ1n) is 5.89. The summed E-state index contributed by atoms with van der Waals surface area (Å²) in [5, 5.41) is 5.80. The summed E-state index contributed by atoms with van der Waals surface area (Å²) in [7, 11) is 0. The Bertz CT molecular complexity index is 406. The monoisotopic (exact) mass is 249 g/mol. The molecule has 0 aliphatic carbocycles. The van der Waals surface area contributed by atoms with Gasteiger partial charge >= 0.3 is 0 Å². The summed E-state index contributed by atoms with van der Waals surface area (Å²) >= 11 is 0. The SMILES string of the molecule is CC(CC(N)=O)NC(C)C(=O)Nc1ccccc1. The maximum atomic E-state index is 11.8. The first kappa shape index (κ1) is 14.2. The fourth-order valence-electron chi connectivity index (χ4n) is 1.64. The van der Waals surface area contributed by atoms with Gasteiger partial charge in [0.25, 0.3) is 0 Å². The van der Waals surface area contributed by atoms with E-state index in [4.69, 9.17) is 5.73 Å². The van der Waals surface area contributed by atoms with Crippen LogP contribution in [0.1, 0.15) is 20.3 Å². The van der Waals surface area contributed by atoms with Gasteiger partial charge in [0, 0.05) is 18.2 Å². The van der Waals surface area contributed by atoms with Gasteiger partial charge < -0.3 is 16.4 Å². The van der Waals surface area contributed by atoms with E-state index in [1.807, 2.05) is 37.3 Å². The van der Waals surface area contributed by atoms with Gasteiger partial charge in [-0.3, -0.25) is 9.59 Å². The Morgan fingerprint density at radius 1 is 1.22 bits per heavy atom. The molecule has 0 aliphatic rings. The van der Waals surface area contributed by atoms with E-state index in [-0.39, 0.29) is 30.3 Å². The van der Waals surface area contributed by atoms with E-state index >= 15 is 0 Å². The van der Waals surface area contributed by atoms with E-state index in [0.717, 1.165) is 5.69 Å². The number of hydrogen-bond acceptors (Lipinski definition) is 3. The third-order valence-corrected chi connectivity index (χ3v) is 2.48. The van der Waals surface area contributed by atoms with Gasteiger partial charge in [-0.05, 0) is 26.0 Å². The second kappa shape index (κ2) is 6.76. The quantitative estimate of drug-likeness (QED) is 0.699. The second-order valence-corrected chi connectivity index (χ2v) is 4.32. The van der Waals surface area contributed by atoms with Crippen LogP contribution in [-0.2, 0) is 9.59 Å². The molecule has 0 bridgehead atoms. The molecule has 2 atom stereocenters. The zero-order valence-electron chi connectivity index (χ0n) is 10.6. The van der Waals surface area contributed by atoms with Crippen LogP contribution in [0.25, 0.3) is 0 Å². The average molecular weight is 249 g/mol. The lowest BCUT2D eigenvalue weighted by molar-refractivity contribution is -0.120. The molecule has 98 valence electrons. The Kier molecular flexibility index (Phi) is 5.32. The van der Waals surface area contributed by atoms with Gasteiger partial charge in [-0.1, -0.05) is 18.2 Å². The van der Waals surface area contributed by atoms with Crippen molar-refractivity contribution in [3.8, 4) is 0 Å². The summed E-state index contributed by atoms with van der Waals surface area (Å²) < 4.78 is 0. The third-order valence-electron chi connectivity index (χ3n) is 2.48. The van der Waals surface area contributed by atoms with Gasteiger partial charge in [0.2, 0.25) is 11.8 Å². The lowest BCUT2D eigenvalue weighted by Gasteiger charge is -2.18. The molecule has 5 nitrogen and oxygen atoms in total. The van der Waals surface area contributed by atoms with Crippen molar-refractivity contribution >= 4 is 17.5 Å². The molecule has 4 N–H and O–H groups in total. The highest BCUT2D eigenvalue weighted by Crippen LogP contribution is 2.05. The molecule has 0 radical (unpaired) electrons. The number of nitrogens with one attached hydrogen (secondary N) is 2. The van der Waals surface area contributed by atoms with Crippen LogP contribution < -0.4 is 16.4 Å². The van der Waals surface area contributed by atoms with Gasteiger partial charge in [0.1, 0.15) is 0 Å². The van der Waals surface area contributed by atoms with Crippen LogP contribution in [0.3, 0.4) is 0 Å². The highest BCUT2D eigenvalue weighted by Gasteiger charge is 2.16. The van der Waals surface area contributed by atoms with E-state index in [0.29, 0.717) is 0 Å². The van der Waals surface area contributed by atoms with Gasteiger partial charge in [0.05, 0.1) is 6.04 Å². The predicted octanol–water partition coefficient (Wildman–Crippen LogP) is 0.867. The first-order chi connectivity index (χ1) is 8.49. The highest BCUT2D eigenvalue weighted by molar-refractivity contribution is 5.94. The van der Waals surface area contributed by atoms with Crippen LogP contribution in [0.15, 0.2) is 30.3 Å². The van der Waals surface area contributed by atoms with Gasteiger partial charge in [-0.2, -0.15) is 0 Å². The smallest absolute Gasteiger partial charge is 0.241 e.